The maximum Gasteiger partial charge on any atom is 0.326 e. The van der Waals surface area contributed by atoms with E-state index in [0.717, 1.165) is 0 Å². The number of rotatable bonds is 16. The van der Waals surface area contributed by atoms with Crippen LogP contribution in [0.3, 0.4) is 0 Å². The summed E-state index contributed by atoms with van der Waals surface area (Å²) in [6, 6.07) is -4.38. The molecule has 0 aromatic rings. The van der Waals surface area contributed by atoms with E-state index < -0.39 is 66.2 Å². The molecule has 190 valence electrons. The van der Waals surface area contributed by atoms with E-state index >= 15 is 0 Å². The van der Waals surface area contributed by atoms with Crippen LogP contribution in [0.1, 0.15) is 59.8 Å². The first-order chi connectivity index (χ1) is 15.3. The molecule has 4 unspecified atom stereocenters. The van der Waals surface area contributed by atoms with Crippen LogP contribution in [0.5, 0.6) is 0 Å². The Morgan fingerprint density at radius 3 is 1.76 bits per heavy atom. The summed E-state index contributed by atoms with van der Waals surface area (Å²) < 4.78 is 0. The van der Waals surface area contributed by atoms with Crippen molar-refractivity contribution < 1.29 is 34.2 Å². The van der Waals surface area contributed by atoms with Gasteiger partial charge in [-0.1, -0.05) is 34.1 Å². The van der Waals surface area contributed by atoms with Gasteiger partial charge >= 0.3 is 11.9 Å². The Balaban J connectivity index is 5.40. The van der Waals surface area contributed by atoms with Gasteiger partial charge in [-0.05, 0) is 37.6 Å². The van der Waals surface area contributed by atoms with Crippen LogP contribution in [-0.4, -0.2) is 70.6 Å². The molecule has 0 rings (SSSR count). The molecule has 0 aromatic heterocycles. The Morgan fingerprint density at radius 1 is 0.758 bits per heavy atom. The Bertz CT molecular complexity index is 684. The predicted octanol–water partition coefficient (Wildman–Crippen LogP) is -0.841. The number of nitrogens with two attached hydrogens (primary N) is 2. The van der Waals surface area contributed by atoms with Gasteiger partial charge in [0.25, 0.3) is 0 Å². The summed E-state index contributed by atoms with van der Waals surface area (Å²) in [5.74, 6) is -5.29. The molecule has 0 aromatic carbocycles. The molecule has 0 saturated heterocycles. The molecule has 4 atom stereocenters. The Hall–Kier alpha value is -2.73. The molecule has 0 radical (unpaired) electrons. The summed E-state index contributed by atoms with van der Waals surface area (Å²) in [6.45, 7) is 7.06. The minimum Gasteiger partial charge on any atom is -0.481 e. The van der Waals surface area contributed by atoms with Gasteiger partial charge in [0, 0.05) is 6.42 Å². The Kier molecular flexibility index (Phi) is 13.9. The quantitative estimate of drug-likeness (QED) is 0.139. The van der Waals surface area contributed by atoms with Crippen molar-refractivity contribution in [3.63, 3.8) is 0 Å². The number of carboxylic acids is 2. The van der Waals surface area contributed by atoms with Gasteiger partial charge < -0.3 is 37.6 Å². The van der Waals surface area contributed by atoms with Crippen LogP contribution in [0.4, 0.5) is 0 Å². The summed E-state index contributed by atoms with van der Waals surface area (Å²) in [6.07, 6.45) is 1.08. The molecular weight excluding hydrogens is 434 g/mol. The lowest BCUT2D eigenvalue weighted by Crippen LogP contribution is -2.58. The van der Waals surface area contributed by atoms with E-state index in [1.165, 1.54) is 0 Å². The van der Waals surface area contributed by atoms with Crippen molar-refractivity contribution in [3.05, 3.63) is 0 Å². The van der Waals surface area contributed by atoms with Crippen molar-refractivity contribution in [2.75, 3.05) is 6.54 Å². The van der Waals surface area contributed by atoms with E-state index in [2.05, 4.69) is 16.0 Å². The number of hydrogen-bond acceptors (Lipinski definition) is 7. The number of hydrogen-bond donors (Lipinski definition) is 7. The van der Waals surface area contributed by atoms with Gasteiger partial charge in [0.1, 0.15) is 18.1 Å². The van der Waals surface area contributed by atoms with Gasteiger partial charge in [-0.15, -0.1) is 0 Å². The zero-order valence-electron chi connectivity index (χ0n) is 19.8. The maximum atomic E-state index is 12.9. The third kappa shape index (κ3) is 11.6. The molecule has 9 N–H and O–H groups in total. The Morgan fingerprint density at radius 2 is 1.30 bits per heavy atom. The monoisotopic (exact) mass is 473 g/mol. The highest BCUT2D eigenvalue weighted by molar-refractivity contribution is 5.94. The van der Waals surface area contributed by atoms with E-state index in [-0.39, 0.29) is 12.3 Å². The van der Waals surface area contributed by atoms with E-state index in [1.807, 2.05) is 0 Å². The van der Waals surface area contributed by atoms with Gasteiger partial charge in [-0.25, -0.2) is 4.79 Å². The minimum atomic E-state index is -1.30. The highest BCUT2D eigenvalue weighted by Gasteiger charge is 2.32. The predicted molar refractivity (Wildman–Crippen MR) is 121 cm³/mol. The number of unbranched alkanes of at least 4 members (excludes halogenated alkanes) is 1. The molecule has 0 aliphatic carbocycles. The van der Waals surface area contributed by atoms with Gasteiger partial charge in [-0.2, -0.15) is 0 Å². The molecule has 0 bridgehead atoms. The molecular formula is C21H39N5O7. The first kappa shape index (κ1) is 30.3. The molecule has 0 fully saturated rings. The Labute approximate surface area is 194 Å². The van der Waals surface area contributed by atoms with E-state index in [0.29, 0.717) is 25.8 Å². The molecule has 3 amide bonds. The topological polar surface area (TPSA) is 214 Å². The second kappa shape index (κ2) is 15.2. The van der Waals surface area contributed by atoms with Gasteiger partial charge in [0.15, 0.2) is 0 Å². The van der Waals surface area contributed by atoms with Crippen LogP contribution in [0, 0.1) is 11.8 Å². The van der Waals surface area contributed by atoms with E-state index in [4.69, 9.17) is 16.6 Å². The van der Waals surface area contributed by atoms with Crippen molar-refractivity contribution in [3.8, 4) is 0 Å². The third-order valence-corrected chi connectivity index (χ3v) is 5.06. The largest absolute Gasteiger partial charge is 0.481 e. The van der Waals surface area contributed by atoms with Crippen LogP contribution < -0.4 is 27.4 Å². The maximum absolute atomic E-state index is 12.9. The molecule has 0 heterocycles. The van der Waals surface area contributed by atoms with Crippen molar-refractivity contribution in [2.45, 2.75) is 84.0 Å². The lowest BCUT2D eigenvalue weighted by Gasteiger charge is -2.27. The fourth-order valence-corrected chi connectivity index (χ4v) is 3.00. The average molecular weight is 474 g/mol. The fraction of sp³-hybridized carbons (Fsp3) is 0.762. The second-order valence-corrected chi connectivity index (χ2v) is 8.68. The summed E-state index contributed by atoms with van der Waals surface area (Å²) in [5, 5.41) is 25.7. The van der Waals surface area contributed by atoms with Crippen molar-refractivity contribution >= 4 is 29.7 Å². The van der Waals surface area contributed by atoms with Crippen molar-refractivity contribution in [1.82, 2.24) is 16.0 Å². The number of amides is 3. The highest BCUT2D eigenvalue weighted by Crippen LogP contribution is 2.08. The standard InChI is InChI=1S/C21H39N5O7/c1-11(2)16(25-18(29)13(23)7-5-6-10-22)20(31)24-14(8-9-15(27)28)19(30)26-17(12(3)4)21(32)33/h11-14,16-17H,5-10,22-23H2,1-4H3,(H,24,31)(H,25,29)(H,26,30)(H,27,28)(H,32,33). The average Bonchev–Trinajstić information content (AvgIpc) is 2.71. The number of nitrogens with one attached hydrogen (secondary N) is 3. The minimum absolute atomic E-state index is 0.255. The van der Waals surface area contributed by atoms with E-state index in [1.54, 1.807) is 27.7 Å². The number of carboxylic acid groups (broad SMARTS) is 2. The van der Waals surface area contributed by atoms with Crippen molar-refractivity contribution in [2.24, 2.45) is 23.3 Å². The molecule has 12 heteroatoms. The first-order valence-electron chi connectivity index (χ1n) is 11.1. The molecule has 0 saturated carbocycles. The summed E-state index contributed by atoms with van der Waals surface area (Å²) in [5.41, 5.74) is 11.3. The van der Waals surface area contributed by atoms with Gasteiger partial charge in [0.2, 0.25) is 17.7 Å². The van der Waals surface area contributed by atoms with E-state index in [9.17, 15) is 29.1 Å². The number of aliphatic carboxylic acids is 2. The smallest absolute Gasteiger partial charge is 0.326 e. The molecule has 0 aliphatic rings. The zero-order valence-corrected chi connectivity index (χ0v) is 19.8. The summed E-state index contributed by atoms with van der Waals surface area (Å²) in [4.78, 5) is 60.4. The van der Waals surface area contributed by atoms with Crippen LogP contribution >= 0.6 is 0 Å². The number of carbonyl (C=O) groups is 5. The second-order valence-electron chi connectivity index (χ2n) is 8.68. The first-order valence-corrected chi connectivity index (χ1v) is 11.1. The molecule has 12 nitrogen and oxygen atoms in total. The van der Waals surface area contributed by atoms with Crippen LogP contribution in [0.15, 0.2) is 0 Å². The normalized spacial score (nSPS) is 14.8. The summed E-state index contributed by atoms with van der Waals surface area (Å²) in [7, 11) is 0. The van der Waals surface area contributed by atoms with Crippen molar-refractivity contribution in [1.29, 1.82) is 0 Å². The molecule has 33 heavy (non-hydrogen) atoms. The van der Waals surface area contributed by atoms with Gasteiger partial charge in [0.05, 0.1) is 6.04 Å². The summed E-state index contributed by atoms with van der Waals surface area (Å²) >= 11 is 0. The SMILES string of the molecule is CC(C)C(NC(=O)C(CCC(=O)O)NC(=O)C(NC(=O)C(N)CCCCN)C(C)C)C(=O)O. The lowest BCUT2D eigenvalue weighted by atomic mass is 10.00. The zero-order chi connectivity index (χ0) is 25.7. The fourth-order valence-electron chi connectivity index (χ4n) is 3.00. The van der Waals surface area contributed by atoms with Crippen LogP contribution in [0.25, 0.3) is 0 Å². The lowest BCUT2D eigenvalue weighted by molar-refractivity contribution is -0.144. The molecule has 0 spiro atoms. The highest BCUT2D eigenvalue weighted by atomic mass is 16.4. The number of carbonyl (C=O) groups excluding carboxylic acids is 3. The van der Waals surface area contributed by atoms with Crippen LogP contribution in [0.2, 0.25) is 0 Å². The van der Waals surface area contributed by atoms with Gasteiger partial charge in [-0.3, -0.25) is 19.2 Å². The third-order valence-electron chi connectivity index (χ3n) is 5.06. The molecule has 0 aliphatic heterocycles. The van der Waals surface area contributed by atoms with Crippen LogP contribution in [-0.2, 0) is 24.0 Å².